The van der Waals surface area contributed by atoms with Gasteiger partial charge < -0.3 is 9.72 Å². The van der Waals surface area contributed by atoms with Gasteiger partial charge >= 0.3 is 5.97 Å². The van der Waals surface area contributed by atoms with E-state index in [-0.39, 0.29) is 12.4 Å². The standard InChI is InChI=1S/C21H17NO2/c23-21(12-17-13-22-20-11-4-3-10-19(17)20)24-14-16-8-5-7-15-6-1-2-9-18(15)16/h1-11,13,22H,12,14H2. The molecule has 3 aromatic carbocycles. The minimum Gasteiger partial charge on any atom is -0.461 e. The Hall–Kier alpha value is -3.07. The highest BCUT2D eigenvalue weighted by Crippen LogP contribution is 2.21. The maximum absolute atomic E-state index is 12.2. The number of H-pyrrole nitrogens is 1. The summed E-state index contributed by atoms with van der Waals surface area (Å²) in [6.45, 7) is 0.294. The van der Waals surface area contributed by atoms with Crippen LogP contribution in [0.5, 0.6) is 0 Å². The van der Waals surface area contributed by atoms with E-state index < -0.39 is 0 Å². The van der Waals surface area contributed by atoms with Gasteiger partial charge in [0, 0.05) is 17.1 Å². The van der Waals surface area contributed by atoms with Gasteiger partial charge in [-0.05, 0) is 28.0 Å². The summed E-state index contributed by atoms with van der Waals surface area (Å²) in [6, 6.07) is 22.1. The molecule has 0 spiro atoms. The predicted octanol–water partition coefficient (Wildman–Crippen LogP) is 4.61. The van der Waals surface area contributed by atoms with E-state index in [2.05, 4.69) is 23.2 Å². The molecule has 1 heterocycles. The van der Waals surface area contributed by atoms with Gasteiger partial charge in [-0.1, -0.05) is 60.7 Å². The topological polar surface area (TPSA) is 42.1 Å². The number of esters is 1. The Morgan fingerprint density at radius 2 is 1.58 bits per heavy atom. The number of hydrogen-bond acceptors (Lipinski definition) is 2. The Balaban J connectivity index is 1.48. The molecule has 3 heteroatoms. The third-order valence-electron chi connectivity index (χ3n) is 4.28. The lowest BCUT2D eigenvalue weighted by atomic mass is 10.1. The van der Waals surface area contributed by atoms with Crippen LogP contribution in [0.15, 0.2) is 72.9 Å². The summed E-state index contributed by atoms with van der Waals surface area (Å²) in [5.74, 6) is -0.215. The summed E-state index contributed by atoms with van der Waals surface area (Å²) in [7, 11) is 0. The van der Waals surface area contributed by atoms with E-state index in [1.54, 1.807) is 0 Å². The number of para-hydroxylation sites is 1. The molecule has 0 unspecified atom stereocenters. The molecular weight excluding hydrogens is 298 g/mol. The predicted molar refractivity (Wildman–Crippen MR) is 95.7 cm³/mol. The van der Waals surface area contributed by atoms with Gasteiger partial charge in [-0.3, -0.25) is 4.79 Å². The summed E-state index contributed by atoms with van der Waals surface area (Å²) in [6.07, 6.45) is 2.15. The van der Waals surface area contributed by atoms with Crippen LogP contribution >= 0.6 is 0 Å². The molecule has 0 aliphatic rings. The molecule has 118 valence electrons. The van der Waals surface area contributed by atoms with Crippen molar-refractivity contribution in [3.05, 3.63) is 84.1 Å². The molecule has 0 aliphatic heterocycles. The first-order valence-corrected chi connectivity index (χ1v) is 7.98. The van der Waals surface area contributed by atoms with E-state index in [9.17, 15) is 4.79 Å². The highest BCUT2D eigenvalue weighted by atomic mass is 16.5. The second-order valence-electron chi connectivity index (χ2n) is 5.84. The van der Waals surface area contributed by atoms with Crippen LogP contribution in [0.25, 0.3) is 21.7 Å². The van der Waals surface area contributed by atoms with Crippen LogP contribution in [-0.2, 0) is 22.6 Å². The van der Waals surface area contributed by atoms with E-state index in [0.717, 1.165) is 32.8 Å². The van der Waals surface area contributed by atoms with Gasteiger partial charge in [0.2, 0.25) is 0 Å². The Morgan fingerprint density at radius 1 is 0.833 bits per heavy atom. The number of hydrogen-bond donors (Lipinski definition) is 1. The van der Waals surface area contributed by atoms with E-state index in [1.807, 2.05) is 54.7 Å². The lowest BCUT2D eigenvalue weighted by Crippen LogP contribution is -2.08. The zero-order valence-electron chi connectivity index (χ0n) is 13.2. The molecule has 1 N–H and O–H groups in total. The smallest absolute Gasteiger partial charge is 0.310 e. The van der Waals surface area contributed by atoms with E-state index >= 15 is 0 Å². The molecule has 0 amide bonds. The van der Waals surface area contributed by atoms with Gasteiger partial charge in [0.05, 0.1) is 6.42 Å². The molecule has 1 aromatic heterocycles. The lowest BCUT2D eigenvalue weighted by Gasteiger charge is -2.08. The van der Waals surface area contributed by atoms with Crippen molar-refractivity contribution in [3.63, 3.8) is 0 Å². The van der Waals surface area contributed by atoms with Crippen molar-refractivity contribution in [2.24, 2.45) is 0 Å². The van der Waals surface area contributed by atoms with E-state index in [4.69, 9.17) is 4.74 Å². The van der Waals surface area contributed by atoms with Crippen LogP contribution < -0.4 is 0 Å². The Kier molecular flexibility index (Phi) is 3.75. The Morgan fingerprint density at radius 3 is 2.50 bits per heavy atom. The number of rotatable bonds is 4. The number of benzene rings is 3. The van der Waals surface area contributed by atoms with Crippen LogP contribution in [-0.4, -0.2) is 11.0 Å². The first kappa shape index (κ1) is 14.5. The third kappa shape index (κ3) is 2.76. The quantitative estimate of drug-likeness (QED) is 0.559. The van der Waals surface area contributed by atoms with Crippen LogP contribution in [0.2, 0.25) is 0 Å². The molecule has 4 rings (SSSR count). The van der Waals surface area contributed by atoms with Gasteiger partial charge in [0.25, 0.3) is 0 Å². The van der Waals surface area contributed by atoms with Crippen molar-refractivity contribution in [1.29, 1.82) is 0 Å². The molecule has 0 saturated carbocycles. The minimum absolute atomic E-state index is 0.215. The number of ether oxygens (including phenoxy) is 1. The van der Waals surface area contributed by atoms with Crippen molar-refractivity contribution in [2.45, 2.75) is 13.0 Å². The van der Waals surface area contributed by atoms with E-state index in [0.29, 0.717) is 6.61 Å². The normalized spacial score (nSPS) is 11.0. The van der Waals surface area contributed by atoms with Crippen molar-refractivity contribution in [3.8, 4) is 0 Å². The molecule has 3 nitrogen and oxygen atoms in total. The number of aromatic nitrogens is 1. The number of nitrogens with one attached hydrogen (secondary N) is 1. The molecule has 0 atom stereocenters. The summed E-state index contributed by atoms with van der Waals surface area (Å²) >= 11 is 0. The Labute approximate surface area is 139 Å². The van der Waals surface area contributed by atoms with Gasteiger partial charge in [0.15, 0.2) is 0 Å². The second-order valence-corrected chi connectivity index (χ2v) is 5.84. The van der Waals surface area contributed by atoms with Gasteiger partial charge in [-0.15, -0.1) is 0 Å². The first-order chi connectivity index (χ1) is 11.8. The summed E-state index contributed by atoms with van der Waals surface area (Å²) in [5, 5.41) is 3.35. The van der Waals surface area contributed by atoms with Crippen LogP contribution in [0, 0.1) is 0 Å². The average molecular weight is 315 g/mol. The maximum atomic E-state index is 12.2. The fraction of sp³-hybridized carbons (Fsp3) is 0.0952. The fourth-order valence-corrected chi connectivity index (χ4v) is 3.06. The first-order valence-electron chi connectivity index (χ1n) is 7.98. The van der Waals surface area contributed by atoms with Crippen LogP contribution in [0.4, 0.5) is 0 Å². The van der Waals surface area contributed by atoms with Crippen LogP contribution in [0.3, 0.4) is 0 Å². The molecule has 4 aromatic rings. The molecule has 0 radical (unpaired) electrons. The lowest BCUT2D eigenvalue weighted by molar-refractivity contribution is -0.144. The monoisotopic (exact) mass is 315 g/mol. The number of carbonyl (C=O) groups is 1. The molecule has 0 aliphatic carbocycles. The molecular formula is C21H17NO2. The summed E-state index contributed by atoms with van der Waals surface area (Å²) in [5.41, 5.74) is 3.03. The van der Waals surface area contributed by atoms with Gasteiger partial charge in [0.1, 0.15) is 6.61 Å². The largest absolute Gasteiger partial charge is 0.461 e. The second kappa shape index (κ2) is 6.20. The molecule has 0 fully saturated rings. The molecule has 0 bridgehead atoms. The SMILES string of the molecule is O=C(Cc1c[nH]c2ccccc12)OCc1cccc2ccccc12. The Bertz CT molecular complexity index is 1010. The van der Waals surface area contributed by atoms with Gasteiger partial charge in [-0.2, -0.15) is 0 Å². The van der Waals surface area contributed by atoms with Crippen molar-refractivity contribution < 1.29 is 9.53 Å². The number of aromatic amines is 1. The van der Waals surface area contributed by atoms with Crippen molar-refractivity contribution in [1.82, 2.24) is 4.98 Å². The molecule has 24 heavy (non-hydrogen) atoms. The average Bonchev–Trinajstić information content (AvgIpc) is 3.03. The zero-order chi connectivity index (χ0) is 16.4. The molecule has 0 saturated heterocycles. The van der Waals surface area contributed by atoms with Gasteiger partial charge in [-0.25, -0.2) is 0 Å². The van der Waals surface area contributed by atoms with Crippen molar-refractivity contribution >= 4 is 27.6 Å². The fourth-order valence-electron chi connectivity index (χ4n) is 3.06. The third-order valence-corrected chi connectivity index (χ3v) is 4.28. The van der Waals surface area contributed by atoms with Crippen molar-refractivity contribution in [2.75, 3.05) is 0 Å². The summed E-state index contributed by atoms with van der Waals surface area (Å²) in [4.78, 5) is 15.4. The number of carbonyl (C=O) groups excluding carboxylic acids is 1. The number of fused-ring (bicyclic) bond motifs is 2. The van der Waals surface area contributed by atoms with Crippen LogP contribution in [0.1, 0.15) is 11.1 Å². The minimum atomic E-state index is -0.215. The summed E-state index contributed by atoms with van der Waals surface area (Å²) < 4.78 is 5.51. The maximum Gasteiger partial charge on any atom is 0.310 e. The zero-order valence-corrected chi connectivity index (χ0v) is 13.2. The highest BCUT2D eigenvalue weighted by Gasteiger charge is 2.10. The van der Waals surface area contributed by atoms with E-state index in [1.165, 1.54) is 0 Å². The highest BCUT2D eigenvalue weighted by molar-refractivity contribution is 5.88.